The van der Waals surface area contributed by atoms with Crippen molar-refractivity contribution in [3.05, 3.63) is 23.4 Å². The third-order valence-corrected chi connectivity index (χ3v) is 3.76. The van der Waals surface area contributed by atoms with Crippen molar-refractivity contribution in [1.29, 1.82) is 0 Å². The normalized spacial score (nSPS) is 12.8. The van der Waals surface area contributed by atoms with E-state index in [1.54, 1.807) is 0 Å². The number of nitrogens with zero attached hydrogens (tertiary/aromatic N) is 1. The number of thioether (sulfide) groups is 1. The largest absolute Gasteiger partial charge is 0.247 e. The van der Waals surface area contributed by atoms with E-state index >= 15 is 0 Å². The minimum atomic E-state index is 0.774. The molecule has 1 unspecified atom stereocenters. The number of hydrogen-bond donors (Lipinski definition) is 1. The summed E-state index contributed by atoms with van der Waals surface area (Å²) in [7, 11) is 0. The summed E-state index contributed by atoms with van der Waals surface area (Å²) in [5, 5.41) is 1.16. The quantitative estimate of drug-likeness (QED) is 0.606. The predicted octanol–water partition coefficient (Wildman–Crippen LogP) is 4.14. The SMILES string of the molecule is Cc1cc(C)nc(SCCC(C)CCS)c1. The number of thiol groups is 1. The number of aryl methyl sites for hydroxylation is 2. The molecule has 16 heavy (non-hydrogen) atoms. The van der Waals surface area contributed by atoms with Crippen LogP contribution in [0.4, 0.5) is 0 Å². The van der Waals surface area contributed by atoms with Gasteiger partial charge in [-0.2, -0.15) is 12.6 Å². The molecule has 0 fully saturated rings. The third kappa shape index (κ3) is 5.26. The Hall–Kier alpha value is -0.150. The van der Waals surface area contributed by atoms with E-state index in [1.807, 2.05) is 11.8 Å². The fourth-order valence-electron chi connectivity index (χ4n) is 1.61. The average Bonchev–Trinajstić information content (AvgIpc) is 2.16. The van der Waals surface area contributed by atoms with Gasteiger partial charge in [0.1, 0.15) is 0 Å². The third-order valence-electron chi connectivity index (χ3n) is 2.56. The van der Waals surface area contributed by atoms with Gasteiger partial charge in [0.2, 0.25) is 0 Å². The van der Waals surface area contributed by atoms with Crippen LogP contribution in [0, 0.1) is 19.8 Å². The van der Waals surface area contributed by atoms with Crippen molar-refractivity contribution in [2.75, 3.05) is 11.5 Å². The summed E-state index contributed by atoms with van der Waals surface area (Å²) in [4.78, 5) is 4.52. The van der Waals surface area contributed by atoms with Gasteiger partial charge < -0.3 is 0 Å². The minimum absolute atomic E-state index is 0.774. The van der Waals surface area contributed by atoms with Crippen molar-refractivity contribution < 1.29 is 0 Å². The Morgan fingerprint density at radius 2 is 2.06 bits per heavy atom. The van der Waals surface area contributed by atoms with E-state index in [-0.39, 0.29) is 0 Å². The highest BCUT2D eigenvalue weighted by Gasteiger charge is 2.03. The molecule has 0 spiro atoms. The molecule has 3 heteroatoms. The molecular formula is C13H21NS2. The van der Waals surface area contributed by atoms with Gasteiger partial charge >= 0.3 is 0 Å². The molecule has 0 aliphatic rings. The zero-order chi connectivity index (χ0) is 12.0. The smallest absolute Gasteiger partial charge is 0.0965 e. The molecule has 1 aromatic heterocycles. The van der Waals surface area contributed by atoms with E-state index in [9.17, 15) is 0 Å². The molecule has 1 atom stereocenters. The van der Waals surface area contributed by atoms with Crippen molar-refractivity contribution in [3.8, 4) is 0 Å². The predicted molar refractivity (Wildman–Crippen MR) is 76.7 cm³/mol. The van der Waals surface area contributed by atoms with Crippen LogP contribution in [-0.2, 0) is 0 Å². The topological polar surface area (TPSA) is 12.9 Å². The Balaban J connectivity index is 2.37. The van der Waals surface area contributed by atoms with Gasteiger partial charge in [-0.15, -0.1) is 11.8 Å². The molecule has 0 saturated heterocycles. The molecule has 1 heterocycles. The van der Waals surface area contributed by atoms with Crippen LogP contribution in [0.15, 0.2) is 17.2 Å². The summed E-state index contributed by atoms with van der Waals surface area (Å²) in [6.07, 6.45) is 2.46. The molecule has 0 aromatic carbocycles. The Morgan fingerprint density at radius 1 is 1.31 bits per heavy atom. The van der Waals surface area contributed by atoms with E-state index in [2.05, 4.69) is 50.5 Å². The van der Waals surface area contributed by atoms with Gasteiger partial charge in [-0.3, -0.25) is 0 Å². The molecule has 0 radical (unpaired) electrons. The van der Waals surface area contributed by atoms with Crippen LogP contribution in [0.3, 0.4) is 0 Å². The van der Waals surface area contributed by atoms with E-state index in [4.69, 9.17) is 0 Å². The first-order valence-electron chi connectivity index (χ1n) is 5.80. The Bertz CT molecular complexity index is 305. The number of pyridine rings is 1. The Kier molecular flexibility index (Phi) is 6.29. The second-order valence-electron chi connectivity index (χ2n) is 4.38. The molecule has 0 amide bonds. The van der Waals surface area contributed by atoms with Gasteiger partial charge in [0.15, 0.2) is 0 Å². The van der Waals surface area contributed by atoms with Gasteiger partial charge in [0.25, 0.3) is 0 Å². The number of rotatable bonds is 6. The first-order valence-corrected chi connectivity index (χ1v) is 7.42. The van der Waals surface area contributed by atoms with Crippen LogP contribution >= 0.6 is 24.4 Å². The molecule has 0 N–H and O–H groups in total. The van der Waals surface area contributed by atoms with Gasteiger partial charge in [-0.05, 0) is 61.8 Å². The highest BCUT2D eigenvalue weighted by atomic mass is 32.2. The fourth-order valence-corrected chi connectivity index (χ4v) is 3.26. The standard InChI is InChI=1S/C13H21NS2/c1-10(4-6-15)5-7-16-13-9-11(2)8-12(3)14-13/h8-10,15H,4-7H2,1-3H3. The van der Waals surface area contributed by atoms with Gasteiger partial charge in [-0.1, -0.05) is 6.92 Å². The van der Waals surface area contributed by atoms with Crippen molar-refractivity contribution in [2.24, 2.45) is 5.92 Å². The van der Waals surface area contributed by atoms with Crippen LogP contribution in [0.2, 0.25) is 0 Å². The summed E-state index contributed by atoms with van der Waals surface area (Å²) in [6, 6.07) is 4.29. The maximum absolute atomic E-state index is 4.52. The molecule has 90 valence electrons. The van der Waals surface area contributed by atoms with Crippen molar-refractivity contribution in [3.63, 3.8) is 0 Å². The number of aromatic nitrogens is 1. The van der Waals surface area contributed by atoms with E-state index in [1.165, 1.54) is 18.4 Å². The van der Waals surface area contributed by atoms with Crippen LogP contribution in [0.1, 0.15) is 31.0 Å². The lowest BCUT2D eigenvalue weighted by molar-refractivity contribution is 0.554. The van der Waals surface area contributed by atoms with Crippen molar-refractivity contribution in [1.82, 2.24) is 4.98 Å². The summed E-state index contributed by atoms with van der Waals surface area (Å²) >= 11 is 6.13. The lowest BCUT2D eigenvalue weighted by atomic mass is 10.1. The summed E-state index contributed by atoms with van der Waals surface area (Å²) in [5.74, 6) is 2.93. The Labute approximate surface area is 109 Å². The zero-order valence-electron chi connectivity index (χ0n) is 10.4. The second-order valence-corrected chi connectivity index (χ2v) is 5.94. The average molecular weight is 255 g/mol. The molecule has 1 rings (SSSR count). The molecular weight excluding hydrogens is 234 g/mol. The van der Waals surface area contributed by atoms with Gasteiger partial charge in [0.05, 0.1) is 5.03 Å². The van der Waals surface area contributed by atoms with Crippen molar-refractivity contribution in [2.45, 2.75) is 38.6 Å². The van der Waals surface area contributed by atoms with Gasteiger partial charge in [-0.25, -0.2) is 4.98 Å². The van der Waals surface area contributed by atoms with Crippen LogP contribution in [0.25, 0.3) is 0 Å². The molecule has 0 aliphatic heterocycles. The summed E-state index contributed by atoms with van der Waals surface area (Å²) < 4.78 is 0. The zero-order valence-corrected chi connectivity index (χ0v) is 12.1. The van der Waals surface area contributed by atoms with Crippen LogP contribution in [0.5, 0.6) is 0 Å². The van der Waals surface area contributed by atoms with Gasteiger partial charge in [0, 0.05) is 5.69 Å². The number of hydrogen-bond acceptors (Lipinski definition) is 3. The first kappa shape index (κ1) is 13.9. The molecule has 0 aliphatic carbocycles. The van der Waals surface area contributed by atoms with Crippen LogP contribution in [-0.4, -0.2) is 16.5 Å². The first-order chi connectivity index (χ1) is 7.61. The summed E-state index contributed by atoms with van der Waals surface area (Å²) in [5.41, 5.74) is 2.42. The molecule has 1 aromatic rings. The highest BCUT2D eigenvalue weighted by Crippen LogP contribution is 2.21. The van der Waals surface area contributed by atoms with Crippen molar-refractivity contribution >= 4 is 24.4 Å². The second kappa shape index (κ2) is 7.23. The maximum atomic E-state index is 4.52. The molecule has 0 saturated carbocycles. The maximum Gasteiger partial charge on any atom is 0.0965 e. The monoisotopic (exact) mass is 255 g/mol. The fraction of sp³-hybridized carbons (Fsp3) is 0.615. The Morgan fingerprint density at radius 3 is 2.69 bits per heavy atom. The molecule has 0 bridgehead atoms. The van der Waals surface area contributed by atoms with E-state index < -0.39 is 0 Å². The molecule has 1 nitrogen and oxygen atoms in total. The van der Waals surface area contributed by atoms with E-state index in [0.717, 1.165) is 28.1 Å². The van der Waals surface area contributed by atoms with E-state index in [0.29, 0.717) is 0 Å². The van der Waals surface area contributed by atoms with Crippen LogP contribution < -0.4 is 0 Å². The summed E-state index contributed by atoms with van der Waals surface area (Å²) in [6.45, 7) is 6.48. The lowest BCUT2D eigenvalue weighted by Crippen LogP contribution is -1.97. The highest BCUT2D eigenvalue weighted by molar-refractivity contribution is 7.99. The lowest BCUT2D eigenvalue weighted by Gasteiger charge is -2.09. The minimum Gasteiger partial charge on any atom is -0.247 e.